The Hall–Kier alpha value is -1.50. The number of aryl methyl sites for hydroxylation is 1. The summed E-state index contributed by atoms with van der Waals surface area (Å²) < 4.78 is 72.4. The van der Waals surface area contributed by atoms with Crippen molar-refractivity contribution in [3.05, 3.63) is 78.4 Å². The van der Waals surface area contributed by atoms with Gasteiger partial charge in [-0.2, -0.15) is 0 Å². The van der Waals surface area contributed by atoms with Crippen LogP contribution < -0.4 is 0 Å². The lowest BCUT2D eigenvalue weighted by Gasteiger charge is -2.50. The van der Waals surface area contributed by atoms with E-state index in [4.69, 9.17) is 27.5 Å². The fraction of sp³-hybridized carbons (Fsp3) is 0.731. The SMILES string of the molecule is CC[Si](CC)(CC)O[C@H]1C[C@@H](O[Si](CC)(CC)CC)[C@H](C(C(O)[C@@H](CCc2ccccc2)O[Si](C)(C)C(C)(C)C)S(=O)(=O)c2ccccc2)[C@H]1C/C=C\CCCC12OCC(C)(CO1)CO2. The molecule has 4 fully saturated rings. The monoisotopic (exact) mass is 973 g/mol. The molecule has 368 valence electrons. The first-order chi connectivity index (χ1) is 30.7. The molecule has 7 atom stereocenters. The molecular formula is C52H88O9SSi3. The molecule has 1 N–H and O–H groups in total. The van der Waals surface area contributed by atoms with Gasteiger partial charge in [0.2, 0.25) is 0 Å². The molecule has 1 saturated carbocycles. The lowest BCUT2D eigenvalue weighted by molar-refractivity contribution is -0.467. The largest absolute Gasteiger partial charge is 0.414 e. The van der Waals surface area contributed by atoms with Crippen LogP contribution in [-0.2, 0) is 43.7 Å². The molecule has 4 aliphatic rings. The van der Waals surface area contributed by atoms with Crippen molar-refractivity contribution >= 4 is 34.8 Å². The number of allylic oxidation sites excluding steroid dienone is 2. The molecule has 3 saturated heterocycles. The summed E-state index contributed by atoms with van der Waals surface area (Å²) in [7, 11) is -11.2. The number of ether oxygens (including phenoxy) is 3. The van der Waals surface area contributed by atoms with Gasteiger partial charge in [0.15, 0.2) is 34.8 Å². The predicted molar refractivity (Wildman–Crippen MR) is 272 cm³/mol. The van der Waals surface area contributed by atoms with Gasteiger partial charge in [-0.3, -0.25) is 0 Å². The highest BCUT2D eigenvalue weighted by atomic mass is 32.2. The standard InChI is InChI=1S/C52H88O9SSi3/c1-13-64(14-2,15-3)60-45-37-46(61-65(16-4,17-5)18-6)47(43(45)33-27-19-20-28-36-52-56-38-51(10,39-57-52)40-58-52)49(62(54,55)42-31-25-22-26-32-42)48(53)44(59-63(11,12)50(7,8)9)35-34-41-29-23-21-24-30-41/h19,21-27,29-32,43-49,53H,13-18,20,28,33-40H2,1-12H3/b27-19-/t43-,44+,45-,46+,47+,48?,49?,51?,52?/m0/s1. The maximum absolute atomic E-state index is 15.8. The Morgan fingerprint density at radius 1 is 0.785 bits per heavy atom. The number of fused-ring (bicyclic) bond motifs is 3. The second kappa shape index (κ2) is 22.9. The Morgan fingerprint density at radius 3 is 1.80 bits per heavy atom. The fourth-order valence-corrected chi connectivity index (χ4v) is 19.6. The van der Waals surface area contributed by atoms with Crippen molar-refractivity contribution in [2.24, 2.45) is 17.3 Å². The molecule has 13 heteroatoms. The summed E-state index contributed by atoms with van der Waals surface area (Å²) in [5.41, 5.74) is 1.04. The molecule has 0 spiro atoms. The van der Waals surface area contributed by atoms with E-state index in [1.54, 1.807) is 24.3 Å². The van der Waals surface area contributed by atoms with Gasteiger partial charge in [0.25, 0.3) is 5.97 Å². The van der Waals surface area contributed by atoms with Gasteiger partial charge in [-0.25, -0.2) is 8.42 Å². The molecule has 0 aromatic heterocycles. The highest BCUT2D eigenvalue weighted by molar-refractivity contribution is 7.92. The quantitative estimate of drug-likeness (QED) is 0.0560. The van der Waals surface area contributed by atoms with Crippen LogP contribution in [0.4, 0.5) is 0 Å². The molecule has 6 rings (SSSR count). The van der Waals surface area contributed by atoms with Crippen molar-refractivity contribution in [3.63, 3.8) is 0 Å². The minimum absolute atomic E-state index is 0.0842. The van der Waals surface area contributed by atoms with Crippen LogP contribution in [0.25, 0.3) is 0 Å². The van der Waals surface area contributed by atoms with Crippen LogP contribution in [0.15, 0.2) is 77.7 Å². The van der Waals surface area contributed by atoms with Crippen LogP contribution in [0.2, 0.25) is 54.4 Å². The van der Waals surface area contributed by atoms with E-state index in [2.05, 4.69) is 107 Å². The number of hydrogen-bond acceptors (Lipinski definition) is 9. The van der Waals surface area contributed by atoms with Crippen LogP contribution in [0.1, 0.15) is 113 Å². The molecular weight excluding hydrogens is 885 g/mol. The van der Waals surface area contributed by atoms with E-state index in [0.717, 1.165) is 54.7 Å². The number of rotatable bonds is 26. The lowest BCUT2D eigenvalue weighted by atomic mass is 9.84. The topological polar surface area (TPSA) is 110 Å². The number of aliphatic hydroxyl groups is 1. The third kappa shape index (κ3) is 13.0. The average molecular weight is 974 g/mol. The van der Waals surface area contributed by atoms with Gasteiger partial charge in [-0.15, -0.1) is 0 Å². The van der Waals surface area contributed by atoms with E-state index >= 15 is 8.42 Å². The lowest BCUT2D eigenvalue weighted by Crippen LogP contribution is -2.58. The molecule has 1 aliphatic carbocycles. The van der Waals surface area contributed by atoms with E-state index in [9.17, 15) is 5.11 Å². The Kier molecular flexibility index (Phi) is 19.2. The highest BCUT2D eigenvalue weighted by Gasteiger charge is 2.58. The van der Waals surface area contributed by atoms with Crippen molar-refractivity contribution in [2.45, 2.75) is 209 Å². The smallest absolute Gasteiger partial charge is 0.282 e. The van der Waals surface area contributed by atoms with Crippen LogP contribution in [-0.4, -0.2) is 93.9 Å². The van der Waals surface area contributed by atoms with Crippen molar-refractivity contribution < 1.29 is 41.0 Å². The van der Waals surface area contributed by atoms with Gasteiger partial charge in [0, 0.05) is 17.8 Å². The molecule has 0 radical (unpaired) electrons. The number of benzene rings is 2. The van der Waals surface area contributed by atoms with Gasteiger partial charge in [-0.05, 0) is 117 Å². The Balaban J connectivity index is 1.63. The normalized spacial score (nSPS) is 27.0. The Labute approximate surface area is 398 Å². The zero-order chi connectivity index (χ0) is 47.7. The van der Waals surface area contributed by atoms with Crippen LogP contribution in [0.3, 0.4) is 0 Å². The predicted octanol–water partition coefficient (Wildman–Crippen LogP) is 12.5. The second-order valence-corrected chi connectivity index (χ2v) is 37.8. The molecule has 2 unspecified atom stereocenters. The van der Waals surface area contributed by atoms with Crippen LogP contribution in [0.5, 0.6) is 0 Å². The van der Waals surface area contributed by atoms with E-state index in [1.165, 1.54) is 0 Å². The number of hydrogen-bond donors (Lipinski definition) is 1. The molecule has 2 aromatic rings. The summed E-state index contributed by atoms with van der Waals surface area (Å²) in [6, 6.07) is 24.8. The van der Waals surface area contributed by atoms with Gasteiger partial charge in [-0.1, -0.05) is 130 Å². The highest BCUT2D eigenvalue weighted by Crippen LogP contribution is 2.50. The van der Waals surface area contributed by atoms with Gasteiger partial charge < -0.3 is 32.6 Å². The van der Waals surface area contributed by atoms with E-state index in [0.29, 0.717) is 51.9 Å². The van der Waals surface area contributed by atoms with Crippen molar-refractivity contribution in [3.8, 4) is 0 Å². The first-order valence-electron chi connectivity index (χ1n) is 25.3. The van der Waals surface area contributed by atoms with Crippen LogP contribution in [0, 0.1) is 17.3 Å². The molecule has 3 aliphatic heterocycles. The summed E-state index contributed by atoms with van der Waals surface area (Å²) in [6.45, 7) is 28.5. The first kappa shape index (κ1) is 54.4. The third-order valence-electron chi connectivity index (χ3n) is 16.2. The fourth-order valence-electron chi connectivity index (χ4n) is 10.3. The maximum Gasteiger partial charge on any atom is 0.282 e. The van der Waals surface area contributed by atoms with E-state index in [1.807, 2.05) is 24.3 Å². The Bertz CT molecular complexity index is 1840. The number of sulfone groups is 1. The van der Waals surface area contributed by atoms with Crippen LogP contribution >= 0.6 is 0 Å². The van der Waals surface area contributed by atoms with Crippen molar-refractivity contribution in [1.82, 2.24) is 0 Å². The molecule has 9 nitrogen and oxygen atoms in total. The zero-order valence-electron chi connectivity index (χ0n) is 42.4. The minimum atomic E-state index is -4.18. The zero-order valence-corrected chi connectivity index (χ0v) is 46.2. The molecule has 3 heterocycles. The summed E-state index contributed by atoms with van der Waals surface area (Å²) in [6.07, 6.45) is 6.34. The van der Waals surface area contributed by atoms with Gasteiger partial charge in [0.1, 0.15) is 0 Å². The van der Waals surface area contributed by atoms with Crippen molar-refractivity contribution in [2.75, 3.05) is 19.8 Å². The van der Waals surface area contributed by atoms with Crippen molar-refractivity contribution in [1.29, 1.82) is 0 Å². The first-order valence-corrected chi connectivity index (χ1v) is 34.8. The Morgan fingerprint density at radius 2 is 1.29 bits per heavy atom. The van der Waals surface area contributed by atoms with E-state index < -0.39 is 70.2 Å². The summed E-state index contributed by atoms with van der Waals surface area (Å²) >= 11 is 0. The minimum Gasteiger partial charge on any atom is -0.414 e. The molecule has 2 aromatic carbocycles. The molecule has 65 heavy (non-hydrogen) atoms. The maximum atomic E-state index is 15.8. The summed E-state index contributed by atoms with van der Waals surface area (Å²) in [4.78, 5) is 0.219. The summed E-state index contributed by atoms with van der Waals surface area (Å²) in [5.74, 6) is -1.75. The average Bonchev–Trinajstić information content (AvgIpc) is 3.62. The second-order valence-electron chi connectivity index (χ2n) is 21.5. The third-order valence-corrected chi connectivity index (χ3v) is 32.3. The molecule has 0 amide bonds. The number of aliphatic hydroxyl groups excluding tert-OH is 1. The van der Waals surface area contributed by atoms with E-state index in [-0.39, 0.29) is 27.4 Å². The summed E-state index contributed by atoms with van der Waals surface area (Å²) in [5, 5.41) is 12.0. The molecule has 2 bridgehead atoms. The number of unbranched alkanes of at least 4 members (excludes halogenated alkanes) is 1. The van der Waals surface area contributed by atoms with Gasteiger partial charge >= 0.3 is 0 Å². The van der Waals surface area contributed by atoms with Gasteiger partial charge in [0.05, 0.1) is 54.4 Å².